The molecule has 26 heavy (non-hydrogen) atoms. The van der Waals surface area contributed by atoms with Gasteiger partial charge in [0.1, 0.15) is 5.82 Å². The Morgan fingerprint density at radius 1 is 1.31 bits per heavy atom. The molecule has 1 saturated carbocycles. The van der Waals surface area contributed by atoms with Crippen molar-refractivity contribution in [2.24, 2.45) is 11.3 Å². The summed E-state index contributed by atoms with van der Waals surface area (Å²) >= 11 is 0. The van der Waals surface area contributed by atoms with E-state index >= 15 is 0 Å². The van der Waals surface area contributed by atoms with E-state index in [0.29, 0.717) is 25.6 Å². The number of piperazine rings is 1. The number of rotatable bonds is 3. The molecule has 140 valence electrons. The van der Waals surface area contributed by atoms with Crippen molar-refractivity contribution in [1.29, 1.82) is 0 Å². The van der Waals surface area contributed by atoms with E-state index < -0.39 is 0 Å². The summed E-state index contributed by atoms with van der Waals surface area (Å²) < 4.78 is 13.4. The predicted molar refractivity (Wildman–Crippen MR) is 95.7 cm³/mol. The molecule has 0 radical (unpaired) electrons. The zero-order chi connectivity index (χ0) is 18.1. The fourth-order valence-corrected chi connectivity index (χ4v) is 4.89. The van der Waals surface area contributed by atoms with Crippen molar-refractivity contribution >= 4 is 11.8 Å². The molecule has 0 bridgehead atoms. The molecule has 0 aromatic heterocycles. The van der Waals surface area contributed by atoms with Gasteiger partial charge in [0.2, 0.25) is 11.8 Å². The van der Waals surface area contributed by atoms with Crippen molar-refractivity contribution in [2.45, 2.75) is 32.2 Å². The number of nitrogens with one attached hydrogen (secondary N) is 1. The molecule has 1 aromatic rings. The van der Waals surface area contributed by atoms with Gasteiger partial charge in [-0.05, 0) is 43.0 Å². The molecule has 0 spiro atoms. The summed E-state index contributed by atoms with van der Waals surface area (Å²) in [5.74, 6) is 0.221. The number of benzene rings is 1. The SMILES string of the molecule is O=C1CN(C(=O)[C@@]23CCCC[C@H]2CNC3)CCN1Cc1cccc(F)c1. The highest BCUT2D eigenvalue weighted by molar-refractivity contribution is 5.89. The van der Waals surface area contributed by atoms with Gasteiger partial charge in [0.15, 0.2) is 0 Å². The molecule has 3 aliphatic rings. The number of amides is 2. The maximum Gasteiger partial charge on any atom is 0.242 e. The van der Waals surface area contributed by atoms with Crippen LogP contribution in [0.1, 0.15) is 31.2 Å². The lowest BCUT2D eigenvalue weighted by atomic mass is 9.67. The lowest BCUT2D eigenvalue weighted by Gasteiger charge is -2.43. The lowest BCUT2D eigenvalue weighted by molar-refractivity contribution is -0.154. The third kappa shape index (κ3) is 3.11. The van der Waals surface area contributed by atoms with Crippen molar-refractivity contribution in [3.63, 3.8) is 0 Å². The van der Waals surface area contributed by atoms with E-state index in [-0.39, 0.29) is 29.6 Å². The third-order valence-electron chi connectivity index (χ3n) is 6.33. The molecule has 2 atom stereocenters. The quantitative estimate of drug-likeness (QED) is 0.895. The molecule has 1 N–H and O–H groups in total. The maximum atomic E-state index is 13.4. The smallest absolute Gasteiger partial charge is 0.242 e. The molecule has 2 saturated heterocycles. The third-order valence-corrected chi connectivity index (χ3v) is 6.33. The molecule has 3 fully saturated rings. The van der Waals surface area contributed by atoms with Crippen LogP contribution in [-0.2, 0) is 16.1 Å². The maximum absolute atomic E-state index is 13.4. The van der Waals surface area contributed by atoms with Crippen LogP contribution in [0.25, 0.3) is 0 Å². The van der Waals surface area contributed by atoms with Crippen LogP contribution >= 0.6 is 0 Å². The molecule has 0 unspecified atom stereocenters. The van der Waals surface area contributed by atoms with Crippen molar-refractivity contribution in [3.05, 3.63) is 35.6 Å². The molecule has 2 amide bonds. The second-order valence-corrected chi connectivity index (χ2v) is 7.90. The van der Waals surface area contributed by atoms with Crippen LogP contribution < -0.4 is 5.32 Å². The fraction of sp³-hybridized carbons (Fsp3) is 0.600. The second kappa shape index (κ2) is 6.99. The monoisotopic (exact) mass is 359 g/mol. The standard InChI is InChI=1S/C20H26FN3O2/c21-17-6-3-4-15(10-17)12-23-8-9-24(13-18(23)25)19(26)20-7-2-1-5-16(20)11-22-14-20/h3-4,6,10,16,22H,1-2,5,7-9,11-14H2/t16-,20+/m0/s1. The van der Waals surface area contributed by atoms with Crippen LogP contribution in [0.4, 0.5) is 4.39 Å². The number of halogens is 1. The molecule has 4 rings (SSSR count). The Morgan fingerprint density at radius 2 is 2.19 bits per heavy atom. The fourth-order valence-electron chi connectivity index (χ4n) is 4.89. The van der Waals surface area contributed by atoms with Gasteiger partial charge in [0.25, 0.3) is 0 Å². The van der Waals surface area contributed by atoms with E-state index in [1.54, 1.807) is 15.9 Å². The first-order chi connectivity index (χ1) is 12.6. The first-order valence-electron chi connectivity index (χ1n) is 9.61. The Morgan fingerprint density at radius 3 is 3.00 bits per heavy atom. The number of nitrogens with zero attached hydrogens (tertiary/aromatic N) is 2. The van der Waals surface area contributed by atoms with Gasteiger partial charge in [0, 0.05) is 26.2 Å². The summed E-state index contributed by atoms with van der Waals surface area (Å²) in [6, 6.07) is 6.34. The highest BCUT2D eigenvalue weighted by atomic mass is 19.1. The second-order valence-electron chi connectivity index (χ2n) is 7.90. The van der Waals surface area contributed by atoms with Crippen molar-refractivity contribution < 1.29 is 14.0 Å². The van der Waals surface area contributed by atoms with Gasteiger partial charge in [-0.3, -0.25) is 9.59 Å². The number of carbonyl (C=O) groups is 2. The highest BCUT2D eigenvalue weighted by Crippen LogP contribution is 2.45. The van der Waals surface area contributed by atoms with Crippen molar-refractivity contribution in [3.8, 4) is 0 Å². The Kier molecular flexibility index (Phi) is 4.69. The summed E-state index contributed by atoms with van der Waals surface area (Å²) in [7, 11) is 0. The zero-order valence-corrected chi connectivity index (χ0v) is 15.0. The number of hydrogen-bond donors (Lipinski definition) is 1. The lowest BCUT2D eigenvalue weighted by Crippen LogP contribution is -2.57. The van der Waals surface area contributed by atoms with E-state index in [4.69, 9.17) is 0 Å². The Bertz CT molecular complexity index is 710. The highest BCUT2D eigenvalue weighted by Gasteiger charge is 2.52. The van der Waals surface area contributed by atoms with Crippen LogP contribution in [0, 0.1) is 17.2 Å². The van der Waals surface area contributed by atoms with E-state index in [2.05, 4.69) is 5.32 Å². The average Bonchev–Trinajstić information content (AvgIpc) is 3.08. The van der Waals surface area contributed by atoms with Crippen LogP contribution in [0.5, 0.6) is 0 Å². The van der Waals surface area contributed by atoms with Gasteiger partial charge < -0.3 is 15.1 Å². The average molecular weight is 359 g/mol. The van der Waals surface area contributed by atoms with E-state index in [0.717, 1.165) is 37.9 Å². The van der Waals surface area contributed by atoms with Gasteiger partial charge in [-0.2, -0.15) is 0 Å². The minimum atomic E-state index is -0.302. The van der Waals surface area contributed by atoms with E-state index in [9.17, 15) is 14.0 Å². The summed E-state index contributed by atoms with van der Waals surface area (Å²) in [6.45, 7) is 3.27. The van der Waals surface area contributed by atoms with Crippen LogP contribution in [0.15, 0.2) is 24.3 Å². The van der Waals surface area contributed by atoms with Gasteiger partial charge >= 0.3 is 0 Å². The van der Waals surface area contributed by atoms with Crippen LogP contribution in [0.3, 0.4) is 0 Å². The van der Waals surface area contributed by atoms with Crippen LogP contribution in [-0.4, -0.2) is 54.3 Å². The molecule has 6 heteroatoms. The first-order valence-corrected chi connectivity index (χ1v) is 9.61. The molecular weight excluding hydrogens is 333 g/mol. The van der Waals surface area contributed by atoms with Crippen LogP contribution in [0.2, 0.25) is 0 Å². The summed E-state index contributed by atoms with van der Waals surface area (Å²) in [5.41, 5.74) is 0.479. The topological polar surface area (TPSA) is 52.7 Å². The van der Waals surface area contributed by atoms with E-state index in [1.165, 1.54) is 18.6 Å². The first kappa shape index (κ1) is 17.5. The number of fused-ring (bicyclic) bond motifs is 1. The predicted octanol–water partition coefficient (Wildman–Crippen LogP) is 1.78. The van der Waals surface area contributed by atoms with Gasteiger partial charge in [-0.15, -0.1) is 0 Å². The Labute approximate surface area is 153 Å². The summed E-state index contributed by atoms with van der Waals surface area (Å²) in [5, 5.41) is 3.40. The zero-order valence-electron chi connectivity index (χ0n) is 15.0. The minimum Gasteiger partial charge on any atom is -0.335 e. The van der Waals surface area contributed by atoms with Crippen molar-refractivity contribution in [2.75, 3.05) is 32.7 Å². The Balaban J connectivity index is 1.42. The normalized spacial score (nSPS) is 29.0. The number of carbonyl (C=O) groups excluding carboxylic acids is 2. The largest absolute Gasteiger partial charge is 0.335 e. The summed E-state index contributed by atoms with van der Waals surface area (Å²) in [6.07, 6.45) is 4.33. The Hall–Kier alpha value is -1.95. The summed E-state index contributed by atoms with van der Waals surface area (Å²) in [4.78, 5) is 29.4. The van der Waals surface area contributed by atoms with Gasteiger partial charge in [-0.1, -0.05) is 25.0 Å². The van der Waals surface area contributed by atoms with E-state index in [1.807, 2.05) is 6.07 Å². The van der Waals surface area contributed by atoms with Gasteiger partial charge in [0.05, 0.1) is 12.0 Å². The molecule has 1 aromatic carbocycles. The molecule has 2 heterocycles. The molecule has 2 aliphatic heterocycles. The molecule has 1 aliphatic carbocycles. The minimum absolute atomic E-state index is 0.0522. The van der Waals surface area contributed by atoms with Gasteiger partial charge in [-0.25, -0.2) is 4.39 Å². The molecular formula is C20H26FN3O2. The molecule has 5 nitrogen and oxygen atoms in total. The number of hydrogen-bond acceptors (Lipinski definition) is 3. The van der Waals surface area contributed by atoms with Crippen molar-refractivity contribution in [1.82, 2.24) is 15.1 Å².